The predicted octanol–water partition coefficient (Wildman–Crippen LogP) is 15.6. The molecule has 0 aliphatic rings. The molecule has 278 valence electrons. The van der Waals surface area contributed by atoms with E-state index in [0.717, 1.165) is 0 Å². The van der Waals surface area contributed by atoms with Gasteiger partial charge in [-0.1, -0.05) is 213 Å². The summed E-state index contributed by atoms with van der Waals surface area (Å²) < 4.78 is 2.36. The van der Waals surface area contributed by atoms with E-state index in [1.54, 1.807) is 0 Å². The lowest BCUT2D eigenvalue weighted by Gasteiger charge is -2.08. The van der Waals surface area contributed by atoms with E-state index in [2.05, 4.69) is 227 Å². The highest BCUT2D eigenvalue weighted by Gasteiger charge is 2.16. The Bertz CT molecular complexity index is 2900. The monoisotopic (exact) mass is 735 g/mol. The molecule has 1 aromatic heterocycles. The minimum absolute atomic E-state index is 1.21. The van der Waals surface area contributed by atoms with Gasteiger partial charge in [0.1, 0.15) is 0 Å². The van der Waals surface area contributed by atoms with E-state index in [1.165, 1.54) is 106 Å². The Hall–Kier alpha value is -6.70. The molecule has 0 spiro atoms. The van der Waals surface area contributed by atoms with Gasteiger partial charge in [-0.25, -0.2) is 0 Å². The maximum absolute atomic E-state index is 2.37. The second-order valence-electron chi connectivity index (χ2n) is 15.0. The van der Waals surface area contributed by atoms with Crippen LogP contribution in [0.4, 0.5) is 0 Å². The summed E-state index contributed by atoms with van der Waals surface area (Å²) in [7, 11) is 2.20. The summed E-state index contributed by atoms with van der Waals surface area (Å²) >= 11 is 0. The minimum Gasteiger partial charge on any atom is -0.343 e. The van der Waals surface area contributed by atoms with Crippen LogP contribution < -0.4 is 0 Å². The Morgan fingerprint density at radius 2 is 0.842 bits per heavy atom. The van der Waals surface area contributed by atoms with Crippen LogP contribution in [0.25, 0.3) is 76.7 Å². The second-order valence-corrected chi connectivity index (χ2v) is 15.0. The van der Waals surface area contributed by atoms with Crippen LogP contribution >= 0.6 is 0 Å². The van der Waals surface area contributed by atoms with Gasteiger partial charge in [-0.3, -0.25) is 0 Å². The predicted molar refractivity (Wildman–Crippen MR) is 248 cm³/mol. The summed E-state index contributed by atoms with van der Waals surface area (Å²) in [4.78, 5) is 0. The summed E-state index contributed by atoms with van der Waals surface area (Å²) in [5.41, 5.74) is 14.2. The molecule has 0 saturated heterocycles. The van der Waals surface area contributed by atoms with Gasteiger partial charge in [0.25, 0.3) is 0 Å². The maximum Gasteiger partial charge on any atom is 0.0574 e. The van der Waals surface area contributed by atoms with Gasteiger partial charge in [-0.05, 0) is 87.5 Å². The van der Waals surface area contributed by atoms with Crippen LogP contribution in [-0.4, -0.2) is 4.57 Å². The molecule has 57 heavy (non-hydrogen) atoms. The number of benzene rings is 9. The lowest BCUT2D eigenvalue weighted by atomic mass is 9.95. The zero-order chi connectivity index (χ0) is 39.1. The van der Waals surface area contributed by atoms with E-state index in [9.17, 15) is 0 Å². The Kier molecular flexibility index (Phi) is 11.1. The molecule has 0 aliphatic heterocycles. The summed E-state index contributed by atoms with van der Waals surface area (Å²) in [6.45, 7) is 6.45. The van der Waals surface area contributed by atoms with Gasteiger partial charge in [0, 0.05) is 28.7 Å². The first-order chi connectivity index (χ1) is 28.0. The lowest BCUT2D eigenvalue weighted by molar-refractivity contribution is 0.922. The van der Waals surface area contributed by atoms with E-state index in [-0.39, 0.29) is 0 Å². The zero-order valence-electron chi connectivity index (χ0n) is 33.4. The van der Waals surface area contributed by atoms with Gasteiger partial charge in [0.05, 0.1) is 5.52 Å². The van der Waals surface area contributed by atoms with Gasteiger partial charge in [-0.15, -0.1) is 0 Å². The summed E-state index contributed by atoms with van der Waals surface area (Å²) in [5, 5.41) is 7.91. The first-order valence-electron chi connectivity index (χ1n) is 20.1. The molecule has 0 bridgehead atoms. The number of hydrogen-bond donors (Lipinski definition) is 0. The largest absolute Gasteiger partial charge is 0.343 e. The molecule has 0 saturated carbocycles. The van der Waals surface area contributed by atoms with Crippen molar-refractivity contribution in [1.82, 2.24) is 4.57 Å². The van der Waals surface area contributed by atoms with Crippen LogP contribution in [0.5, 0.6) is 0 Å². The molecule has 0 atom stereocenters. The molecule has 1 heteroatoms. The molecule has 1 heterocycles. The van der Waals surface area contributed by atoms with Crippen LogP contribution in [0.1, 0.15) is 30.0 Å². The van der Waals surface area contributed by atoms with Crippen molar-refractivity contribution in [2.45, 2.75) is 33.6 Å². The number of aryl methyl sites for hydroxylation is 4. The maximum atomic E-state index is 2.37. The molecule has 9 aromatic carbocycles. The molecule has 0 N–H and O–H groups in total. The molecule has 0 unspecified atom stereocenters. The van der Waals surface area contributed by atoms with E-state index in [0.29, 0.717) is 0 Å². The van der Waals surface area contributed by atoms with Crippen molar-refractivity contribution in [2.75, 3.05) is 0 Å². The third-order valence-electron chi connectivity index (χ3n) is 11.0. The highest BCUT2D eigenvalue weighted by Crippen LogP contribution is 2.41. The highest BCUT2D eigenvalue weighted by molar-refractivity contribution is 6.31. The third kappa shape index (κ3) is 8.02. The molecular formula is C56H49N. The zero-order valence-corrected chi connectivity index (χ0v) is 33.4. The van der Waals surface area contributed by atoms with Crippen molar-refractivity contribution in [2.24, 2.45) is 7.05 Å². The molecule has 0 aliphatic carbocycles. The molecule has 10 rings (SSSR count). The average molecular weight is 736 g/mol. The molecule has 1 nitrogen and oxygen atoms in total. The summed E-state index contributed by atoms with van der Waals surface area (Å²) in [6.07, 6.45) is 2.45. The highest BCUT2D eigenvalue weighted by atomic mass is 14.9. The van der Waals surface area contributed by atoms with Crippen LogP contribution in [0.3, 0.4) is 0 Å². The summed E-state index contributed by atoms with van der Waals surface area (Å²) in [6, 6.07) is 71.8. The Morgan fingerprint density at radius 1 is 0.368 bits per heavy atom. The average Bonchev–Trinajstić information content (AvgIpc) is 3.57. The van der Waals surface area contributed by atoms with E-state index < -0.39 is 0 Å². The second kappa shape index (κ2) is 17.0. The molecular weight excluding hydrogens is 687 g/mol. The molecule has 0 fully saturated rings. The van der Waals surface area contributed by atoms with Gasteiger partial charge >= 0.3 is 0 Å². The van der Waals surface area contributed by atoms with Crippen LogP contribution in [-0.2, 0) is 13.5 Å². The topological polar surface area (TPSA) is 4.93 Å². The standard InChI is InChI=1S/C34H25N.C13H12.C9H12/c1-22-11-13-23(14-12-22)24-15-17-25(18-16-24)26-19-20-32-31(21-26)33-29-9-5-3-7-27(29)28-8-4-6-10-30(28)34(33)35(32)2;1-11-6-5-9-13(10-11)12-7-3-2-4-8-12;1-2-6-9-7-4-3-5-8-9/h3-21H,1-2H3;2-10H,1H3;3-5,7-8H,2,6H2,1H3. The lowest BCUT2D eigenvalue weighted by Crippen LogP contribution is -1.89. The van der Waals surface area contributed by atoms with Crippen LogP contribution in [0.15, 0.2) is 200 Å². The number of aromatic nitrogens is 1. The minimum atomic E-state index is 1.21. The SMILES string of the molecule is CCCc1ccccc1.Cc1ccc(-c2ccc(-c3ccc4c(c3)c3c5ccccc5c5ccccc5c3n4C)cc2)cc1.Cc1cccc(-c2ccccc2)c1. The number of hydrogen-bond acceptors (Lipinski definition) is 0. The van der Waals surface area contributed by atoms with Crippen molar-refractivity contribution in [3.63, 3.8) is 0 Å². The Morgan fingerprint density at radius 3 is 1.47 bits per heavy atom. The van der Waals surface area contributed by atoms with Crippen molar-refractivity contribution in [1.29, 1.82) is 0 Å². The van der Waals surface area contributed by atoms with Gasteiger partial charge < -0.3 is 4.57 Å². The van der Waals surface area contributed by atoms with Crippen molar-refractivity contribution >= 4 is 43.4 Å². The normalized spacial score (nSPS) is 10.9. The first-order valence-corrected chi connectivity index (χ1v) is 20.1. The van der Waals surface area contributed by atoms with Crippen LogP contribution in [0, 0.1) is 13.8 Å². The van der Waals surface area contributed by atoms with Crippen molar-refractivity contribution in [3.05, 3.63) is 217 Å². The summed E-state index contributed by atoms with van der Waals surface area (Å²) in [5.74, 6) is 0. The smallest absolute Gasteiger partial charge is 0.0574 e. The fourth-order valence-electron chi connectivity index (χ4n) is 8.06. The van der Waals surface area contributed by atoms with Crippen molar-refractivity contribution in [3.8, 4) is 33.4 Å². The van der Waals surface area contributed by atoms with E-state index in [4.69, 9.17) is 0 Å². The van der Waals surface area contributed by atoms with E-state index >= 15 is 0 Å². The Balaban J connectivity index is 0.000000168. The van der Waals surface area contributed by atoms with Crippen molar-refractivity contribution < 1.29 is 0 Å². The first kappa shape index (κ1) is 37.2. The molecule has 0 radical (unpaired) electrons. The van der Waals surface area contributed by atoms with Gasteiger partial charge in [0.15, 0.2) is 0 Å². The molecule has 10 aromatic rings. The fraction of sp³-hybridized carbons (Fsp3) is 0.107. The Labute approximate surface area is 337 Å². The fourth-order valence-corrected chi connectivity index (χ4v) is 8.06. The quantitative estimate of drug-likeness (QED) is 0.155. The van der Waals surface area contributed by atoms with Crippen LogP contribution in [0.2, 0.25) is 0 Å². The third-order valence-corrected chi connectivity index (χ3v) is 11.0. The van der Waals surface area contributed by atoms with Gasteiger partial charge in [-0.2, -0.15) is 0 Å². The van der Waals surface area contributed by atoms with Gasteiger partial charge in [0.2, 0.25) is 0 Å². The number of rotatable bonds is 5. The van der Waals surface area contributed by atoms with E-state index in [1.807, 2.05) is 6.07 Å². The number of fused-ring (bicyclic) bond motifs is 8. The molecule has 0 amide bonds. The number of nitrogens with zero attached hydrogens (tertiary/aromatic N) is 1.